The van der Waals surface area contributed by atoms with Gasteiger partial charge in [0.05, 0.1) is 6.21 Å². The lowest BCUT2D eigenvalue weighted by molar-refractivity contribution is -0.123. The van der Waals surface area contributed by atoms with Gasteiger partial charge in [0.25, 0.3) is 5.91 Å². The van der Waals surface area contributed by atoms with E-state index in [9.17, 15) is 13.6 Å². The molecule has 1 amide bonds. The minimum Gasteiger partial charge on any atom is -0.484 e. The van der Waals surface area contributed by atoms with Crippen LogP contribution in [0.25, 0.3) is 0 Å². The Morgan fingerprint density at radius 2 is 2.09 bits per heavy atom. The summed E-state index contributed by atoms with van der Waals surface area (Å²) in [6.45, 7) is 1.56. The molecule has 2 aromatic carbocycles. The van der Waals surface area contributed by atoms with Gasteiger partial charge in [-0.3, -0.25) is 4.79 Å². The molecule has 4 nitrogen and oxygen atoms in total. The largest absolute Gasteiger partial charge is 0.484 e. The molecule has 0 aliphatic heterocycles. The molecule has 23 heavy (non-hydrogen) atoms. The van der Waals surface area contributed by atoms with E-state index in [1.807, 2.05) is 6.92 Å². The van der Waals surface area contributed by atoms with E-state index in [-0.39, 0.29) is 12.2 Å². The lowest BCUT2D eigenvalue weighted by atomic mass is 10.2. The van der Waals surface area contributed by atoms with Crippen LogP contribution in [-0.2, 0) is 4.79 Å². The van der Waals surface area contributed by atoms with E-state index >= 15 is 0 Å². The summed E-state index contributed by atoms with van der Waals surface area (Å²) in [6, 6.07) is 8.05. The quantitative estimate of drug-likeness (QED) is 0.670. The van der Waals surface area contributed by atoms with Crippen molar-refractivity contribution in [1.82, 2.24) is 5.43 Å². The van der Waals surface area contributed by atoms with Gasteiger partial charge in [-0.05, 0) is 42.8 Å². The Labute approximate surface area is 136 Å². The van der Waals surface area contributed by atoms with E-state index in [0.717, 1.165) is 23.9 Å². The Morgan fingerprint density at radius 3 is 2.78 bits per heavy atom. The number of ether oxygens (including phenoxy) is 1. The van der Waals surface area contributed by atoms with Crippen molar-refractivity contribution in [3.05, 3.63) is 64.2 Å². The van der Waals surface area contributed by atoms with Crippen LogP contribution < -0.4 is 10.2 Å². The Kier molecular flexibility index (Phi) is 5.65. The highest BCUT2D eigenvalue weighted by molar-refractivity contribution is 6.31. The van der Waals surface area contributed by atoms with Crippen molar-refractivity contribution in [3.63, 3.8) is 0 Å². The Morgan fingerprint density at radius 1 is 1.30 bits per heavy atom. The topological polar surface area (TPSA) is 50.7 Å². The van der Waals surface area contributed by atoms with Gasteiger partial charge in [-0.1, -0.05) is 11.6 Å². The summed E-state index contributed by atoms with van der Waals surface area (Å²) in [4.78, 5) is 11.6. The molecule has 0 saturated heterocycles. The SMILES string of the molecule is Cc1cc(OCC(=O)N/N=C\c2ccc(F)cc2F)ccc1Cl. The van der Waals surface area contributed by atoms with Crippen molar-refractivity contribution >= 4 is 23.7 Å². The first-order valence-electron chi connectivity index (χ1n) is 6.61. The number of hydrazone groups is 1. The van der Waals surface area contributed by atoms with Gasteiger partial charge in [-0.2, -0.15) is 5.10 Å². The summed E-state index contributed by atoms with van der Waals surface area (Å²) >= 11 is 5.88. The summed E-state index contributed by atoms with van der Waals surface area (Å²) in [7, 11) is 0. The van der Waals surface area contributed by atoms with Crippen LogP contribution in [0.1, 0.15) is 11.1 Å². The summed E-state index contributed by atoms with van der Waals surface area (Å²) in [6.07, 6.45) is 1.08. The Bertz CT molecular complexity index is 751. The zero-order valence-corrected chi connectivity index (χ0v) is 12.9. The van der Waals surface area contributed by atoms with E-state index in [1.54, 1.807) is 18.2 Å². The third-order valence-electron chi connectivity index (χ3n) is 2.85. The summed E-state index contributed by atoms with van der Waals surface area (Å²) in [5.41, 5.74) is 3.07. The van der Waals surface area contributed by atoms with Gasteiger partial charge in [-0.25, -0.2) is 14.2 Å². The third-order valence-corrected chi connectivity index (χ3v) is 3.28. The molecular formula is C16H13ClF2N2O2. The minimum atomic E-state index is -0.768. The van der Waals surface area contributed by atoms with E-state index < -0.39 is 17.5 Å². The maximum absolute atomic E-state index is 13.3. The maximum atomic E-state index is 13.3. The highest BCUT2D eigenvalue weighted by Crippen LogP contribution is 2.20. The van der Waals surface area contributed by atoms with Gasteiger partial charge >= 0.3 is 0 Å². The van der Waals surface area contributed by atoms with Crippen LogP contribution in [0.5, 0.6) is 5.75 Å². The lowest BCUT2D eigenvalue weighted by Gasteiger charge is -2.06. The number of nitrogens with one attached hydrogen (secondary N) is 1. The highest BCUT2D eigenvalue weighted by Gasteiger charge is 2.04. The van der Waals surface area contributed by atoms with Gasteiger partial charge in [-0.15, -0.1) is 0 Å². The molecule has 0 aromatic heterocycles. The zero-order valence-electron chi connectivity index (χ0n) is 12.1. The number of carbonyl (C=O) groups is 1. The van der Waals surface area contributed by atoms with Crippen LogP contribution in [0.2, 0.25) is 5.02 Å². The fourth-order valence-electron chi connectivity index (χ4n) is 1.67. The van der Waals surface area contributed by atoms with Crippen molar-refractivity contribution in [3.8, 4) is 5.75 Å². The number of hydrogen-bond donors (Lipinski definition) is 1. The van der Waals surface area contributed by atoms with Crippen molar-refractivity contribution in [2.75, 3.05) is 6.61 Å². The fraction of sp³-hybridized carbons (Fsp3) is 0.125. The molecule has 0 unspecified atom stereocenters. The molecule has 0 aliphatic rings. The molecular weight excluding hydrogens is 326 g/mol. The monoisotopic (exact) mass is 338 g/mol. The average molecular weight is 339 g/mol. The number of rotatable bonds is 5. The fourth-order valence-corrected chi connectivity index (χ4v) is 1.79. The van der Waals surface area contributed by atoms with Crippen molar-refractivity contribution in [2.45, 2.75) is 6.92 Å². The predicted octanol–water partition coefficient (Wildman–Crippen LogP) is 3.46. The number of benzene rings is 2. The Hall–Kier alpha value is -2.47. The van der Waals surface area contributed by atoms with Gasteiger partial charge in [0.2, 0.25) is 0 Å². The molecule has 0 atom stereocenters. The molecule has 120 valence electrons. The van der Waals surface area contributed by atoms with Gasteiger partial charge in [0, 0.05) is 16.7 Å². The van der Waals surface area contributed by atoms with Crippen LogP contribution in [0.15, 0.2) is 41.5 Å². The van der Waals surface area contributed by atoms with E-state index in [2.05, 4.69) is 10.5 Å². The normalized spacial score (nSPS) is 10.8. The van der Waals surface area contributed by atoms with Crippen molar-refractivity contribution < 1.29 is 18.3 Å². The van der Waals surface area contributed by atoms with E-state index in [0.29, 0.717) is 10.8 Å². The number of nitrogens with zero attached hydrogens (tertiary/aromatic N) is 1. The van der Waals surface area contributed by atoms with Crippen molar-refractivity contribution in [1.29, 1.82) is 0 Å². The van der Waals surface area contributed by atoms with Crippen LogP contribution in [0.4, 0.5) is 8.78 Å². The number of carbonyl (C=O) groups excluding carboxylic acids is 1. The standard InChI is InChI=1S/C16H13ClF2N2O2/c1-10-6-13(4-5-14(10)17)23-9-16(22)21-20-8-11-2-3-12(18)7-15(11)19/h2-8H,9H2,1H3,(H,21,22)/b20-8-. The molecule has 7 heteroatoms. The number of halogens is 3. The number of aryl methyl sites for hydroxylation is 1. The molecule has 0 aliphatic carbocycles. The second-order valence-corrected chi connectivity index (χ2v) is 5.07. The highest BCUT2D eigenvalue weighted by atomic mass is 35.5. The first-order chi connectivity index (χ1) is 11.0. The summed E-state index contributed by atoms with van der Waals surface area (Å²) < 4.78 is 31.3. The molecule has 2 aromatic rings. The molecule has 0 spiro atoms. The average Bonchev–Trinajstić information content (AvgIpc) is 2.50. The first-order valence-corrected chi connectivity index (χ1v) is 6.99. The summed E-state index contributed by atoms with van der Waals surface area (Å²) in [5.74, 6) is -1.47. The van der Waals surface area contributed by atoms with Crippen LogP contribution in [-0.4, -0.2) is 18.7 Å². The van der Waals surface area contributed by atoms with E-state index in [4.69, 9.17) is 16.3 Å². The van der Waals surface area contributed by atoms with Crippen LogP contribution in [0.3, 0.4) is 0 Å². The first kappa shape index (κ1) is 16.9. The maximum Gasteiger partial charge on any atom is 0.277 e. The predicted molar refractivity (Wildman–Crippen MR) is 83.8 cm³/mol. The van der Waals surface area contributed by atoms with Gasteiger partial charge in [0.1, 0.15) is 17.4 Å². The van der Waals surface area contributed by atoms with Crippen molar-refractivity contribution in [2.24, 2.45) is 5.10 Å². The second-order valence-electron chi connectivity index (χ2n) is 4.66. The van der Waals surface area contributed by atoms with Crippen LogP contribution >= 0.6 is 11.6 Å². The minimum absolute atomic E-state index is 0.0564. The Balaban J connectivity index is 1.85. The molecule has 2 rings (SSSR count). The lowest BCUT2D eigenvalue weighted by Crippen LogP contribution is -2.24. The van der Waals surface area contributed by atoms with Gasteiger partial charge < -0.3 is 4.74 Å². The smallest absolute Gasteiger partial charge is 0.277 e. The van der Waals surface area contributed by atoms with Gasteiger partial charge in [0.15, 0.2) is 6.61 Å². The second kappa shape index (κ2) is 7.69. The third kappa shape index (κ3) is 5.03. The molecule has 0 bridgehead atoms. The number of amides is 1. The molecule has 0 heterocycles. The summed E-state index contributed by atoms with van der Waals surface area (Å²) in [5, 5.41) is 4.19. The number of hydrogen-bond acceptors (Lipinski definition) is 3. The molecule has 1 N–H and O–H groups in total. The molecule has 0 fully saturated rings. The van der Waals surface area contributed by atoms with Crippen LogP contribution in [0, 0.1) is 18.6 Å². The van der Waals surface area contributed by atoms with E-state index in [1.165, 1.54) is 6.07 Å². The zero-order chi connectivity index (χ0) is 16.8. The molecule has 0 radical (unpaired) electrons. The molecule has 0 saturated carbocycles.